The van der Waals surface area contributed by atoms with Crippen LogP contribution < -0.4 is 0 Å². The molecule has 0 rings (SSSR count). The highest BCUT2D eigenvalue weighted by atomic mass is 16.6. The van der Waals surface area contributed by atoms with Gasteiger partial charge in [0.05, 0.1) is 34.4 Å². The van der Waals surface area contributed by atoms with Gasteiger partial charge in [0, 0.05) is 19.3 Å². The molecule has 8 nitrogen and oxygen atoms in total. The molecule has 1 N–H and O–H groups in total. The third-order valence-corrected chi connectivity index (χ3v) is 9.05. The molecule has 0 amide bonds. The molecule has 2 atom stereocenters. The lowest BCUT2D eigenvalue weighted by molar-refractivity contribution is -0.887. The summed E-state index contributed by atoms with van der Waals surface area (Å²) in [6.07, 6.45) is 60.8. The molecule has 0 aromatic heterocycles. The van der Waals surface area contributed by atoms with Crippen LogP contribution in [0, 0.1) is 0 Å². The van der Waals surface area contributed by atoms with Crippen LogP contribution >= 0.6 is 0 Å². The van der Waals surface area contributed by atoms with Gasteiger partial charge in [0.2, 0.25) is 0 Å². The van der Waals surface area contributed by atoms with E-state index in [-0.39, 0.29) is 49.1 Å². The van der Waals surface area contributed by atoms with Gasteiger partial charge in [-0.15, -0.1) is 0 Å². The molecule has 2 unspecified atom stereocenters. The smallest absolute Gasteiger partial charge is 0.362 e. The van der Waals surface area contributed by atoms with E-state index in [9.17, 15) is 19.5 Å². The average Bonchev–Trinajstić information content (AvgIpc) is 3.22. The van der Waals surface area contributed by atoms with Crippen molar-refractivity contribution in [1.82, 2.24) is 0 Å². The molecule has 0 aromatic rings. The Kier molecular flexibility index (Phi) is 39.0. The third kappa shape index (κ3) is 40.6. The van der Waals surface area contributed by atoms with Crippen LogP contribution in [-0.2, 0) is 28.6 Å². The first-order valence-electron chi connectivity index (χ1n) is 22.7. The van der Waals surface area contributed by atoms with Crippen LogP contribution in [-0.4, -0.2) is 80.6 Å². The van der Waals surface area contributed by atoms with Crippen molar-refractivity contribution in [2.75, 3.05) is 41.0 Å². The lowest BCUT2D eigenvalue weighted by Crippen LogP contribution is -2.50. The first-order valence-corrected chi connectivity index (χ1v) is 22.7. The van der Waals surface area contributed by atoms with Gasteiger partial charge in [-0.25, -0.2) is 4.79 Å². The molecule has 8 heteroatoms. The number of nitrogens with zero attached hydrogens (tertiary/aromatic N) is 1. The van der Waals surface area contributed by atoms with Crippen molar-refractivity contribution in [2.24, 2.45) is 0 Å². The summed E-state index contributed by atoms with van der Waals surface area (Å²) in [6, 6.07) is -0.643. The number of allylic oxidation sites excluding steroid dienone is 22. The van der Waals surface area contributed by atoms with Gasteiger partial charge < -0.3 is 23.8 Å². The van der Waals surface area contributed by atoms with Crippen molar-refractivity contribution in [2.45, 2.75) is 142 Å². The summed E-state index contributed by atoms with van der Waals surface area (Å²) in [5.41, 5.74) is 0. The SMILES string of the molecule is CC/C=C/C/C=C/C/C=C/C/C=C/C/C=C/C/C=C/CCCC(=O)OC(COCCC(C(=O)O)[N+](C)(C)C)COC(=O)CCC/C=C/C/C=C/C/C=C/C/C=C/C/C=C/CC. The van der Waals surface area contributed by atoms with E-state index in [2.05, 4.69) is 148 Å². The fourth-order valence-corrected chi connectivity index (χ4v) is 5.61. The van der Waals surface area contributed by atoms with Crippen molar-refractivity contribution in [3.05, 3.63) is 134 Å². The Labute approximate surface area is 371 Å². The maximum Gasteiger partial charge on any atom is 0.362 e. The van der Waals surface area contributed by atoms with Gasteiger partial charge in [-0.1, -0.05) is 148 Å². The number of carbonyl (C=O) groups is 3. The Morgan fingerprint density at radius 2 is 0.836 bits per heavy atom. The second-order valence-corrected chi connectivity index (χ2v) is 15.5. The van der Waals surface area contributed by atoms with E-state index in [1.165, 1.54) is 0 Å². The molecule has 0 aliphatic heterocycles. The van der Waals surface area contributed by atoms with Crippen molar-refractivity contribution < 1.29 is 38.2 Å². The van der Waals surface area contributed by atoms with Crippen molar-refractivity contribution in [3.63, 3.8) is 0 Å². The summed E-state index contributed by atoms with van der Waals surface area (Å²) in [7, 11) is 5.47. The highest BCUT2D eigenvalue weighted by Gasteiger charge is 2.31. The van der Waals surface area contributed by atoms with Crippen LogP contribution in [0.2, 0.25) is 0 Å². The van der Waals surface area contributed by atoms with Crippen molar-refractivity contribution in [1.29, 1.82) is 0 Å². The first kappa shape index (κ1) is 56.5. The molecular formula is C53H82NO7+. The van der Waals surface area contributed by atoms with E-state index in [1.807, 2.05) is 21.1 Å². The summed E-state index contributed by atoms with van der Waals surface area (Å²) < 4.78 is 17.2. The largest absolute Gasteiger partial charge is 0.477 e. The minimum absolute atomic E-state index is 0.00961. The second-order valence-electron chi connectivity index (χ2n) is 15.5. The van der Waals surface area contributed by atoms with Crippen LogP contribution in [0.25, 0.3) is 0 Å². The van der Waals surface area contributed by atoms with Crippen LogP contribution in [0.5, 0.6) is 0 Å². The van der Waals surface area contributed by atoms with Gasteiger partial charge in [0.25, 0.3) is 0 Å². The molecule has 340 valence electrons. The van der Waals surface area contributed by atoms with E-state index < -0.39 is 18.1 Å². The summed E-state index contributed by atoms with van der Waals surface area (Å²) in [4.78, 5) is 37.0. The third-order valence-electron chi connectivity index (χ3n) is 9.05. The first-order chi connectivity index (χ1) is 29.6. The molecule has 0 saturated heterocycles. The number of aliphatic carboxylic acids is 1. The van der Waals surface area contributed by atoms with E-state index in [4.69, 9.17) is 14.2 Å². The topological polar surface area (TPSA) is 99.1 Å². The Morgan fingerprint density at radius 3 is 1.18 bits per heavy atom. The maximum atomic E-state index is 12.7. The number of carboxylic acid groups (broad SMARTS) is 1. The zero-order chi connectivity index (χ0) is 44.9. The lowest BCUT2D eigenvalue weighted by atomic mass is 10.1. The number of unbranched alkanes of at least 4 members (excludes halogenated alkanes) is 2. The number of rotatable bonds is 38. The van der Waals surface area contributed by atoms with Gasteiger partial charge in [-0.3, -0.25) is 9.59 Å². The molecule has 0 bridgehead atoms. The molecule has 0 heterocycles. The number of ether oxygens (including phenoxy) is 3. The van der Waals surface area contributed by atoms with Gasteiger partial charge >= 0.3 is 17.9 Å². The summed E-state index contributed by atoms with van der Waals surface area (Å²) in [6.45, 7) is 4.35. The van der Waals surface area contributed by atoms with Crippen molar-refractivity contribution >= 4 is 17.9 Å². The standard InChI is InChI=1S/C53H81NO7/c1-6-8-10-12-14-16-18-20-22-24-25-26-28-30-32-34-36-38-40-42-44-52(56)61-49(47-59-46-45-50(53(57)58)54(3,4)5)48-60-51(55)43-41-39-37-35-33-31-29-27-23-21-19-17-15-13-11-9-7-2/h8-11,14-17,20-23,25-26,29-32,35-38,49-50H,6-7,12-13,18-19,24,27-28,33-34,39-48H2,1-5H3/p+1/b10-8+,11-9+,16-14+,17-15+,22-20+,23-21+,26-25+,31-29+,32-30+,37-35+,38-36+. The summed E-state index contributed by atoms with van der Waals surface area (Å²) >= 11 is 0. The van der Waals surface area contributed by atoms with E-state index >= 15 is 0 Å². The van der Waals surface area contributed by atoms with Crippen LogP contribution in [0.15, 0.2) is 134 Å². The number of esters is 2. The summed E-state index contributed by atoms with van der Waals surface area (Å²) in [5.74, 6) is -1.64. The lowest BCUT2D eigenvalue weighted by Gasteiger charge is -2.31. The normalized spacial score (nSPS) is 14.2. The minimum atomic E-state index is -0.899. The van der Waals surface area contributed by atoms with Gasteiger partial charge in [0.1, 0.15) is 6.61 Å². The van der Waals surface area contributed by atoms with Crippen LogP contribution in [0.3, 0.4) is 0 Å². The number of carbonyl (C=O) groups excluding carboxylic acids is 2. The summed E-state index contributed by atoms with van der Waals surface area (Å²) in [5, 5.41) is 9.63. The predicted octanol–water partition coefficient (Wildman–Crippen LogP) is 12.8. The molecule has 0 aromatic carbocycles. The molecule has 0 aliphatic rings. The molecule has 0 aliphatic carbocycles. The number of likely N-dealkylation sites (N-methyl/N-ethyl adjacent to an activating group) is 1. The van der Waals surface area contributed by atoms with Gasteiger partial charge in [-0.2, -0.15) is 0 Å². The number of hydrogen-bond acceptors (Lipinski definition) is 6. The molecule has 61 heavy (non-hydrogen) atoms. The number of hydrogen-bond donors (Lipinski definition) is 1. The van der Waals surface area contributed by atoms with Crippen molar-refractivity contribution in [3.8, 4) is 0 Å². The Balaban J connectivity index is 4.56. The zero-order valence-electron chi connectivity index (χ0n) is 38.5. The minimum Gasteiger partial charge on any atom is -0.477 e. The fraction of sp³-hybridized carbons (Fsp3) is 0.528. The van der Waals surface area contributed by atoms with Gasteiger partial charge in [-0.05, 0) is 96.3 Å². The number of carboxylic acids is 1. The zero-order valence-corrected chi connectivity index (χ0v) is 38.5. The second kappa shape index (κ2) is 42.2. The van der Waals surface area contributed by atoms with E-state index in [1.54, 1.807) is 0 Å². The highest BCUT2D eigenvalue weighted by Crippen LogP contribution is 2.10. The molecule has 0 spiro atoms. The van der Waals surface area contributed by atoms with E-state index in [0.29, 0.717) is 19.3 Å². The molecule has 0 fully saturated rings. The maximum absolute atomic E-state index is 12.7. The monoisotopic (exact) mass is 845 g/mol. The van der Waals surface area contributed by atoms with Gasteiger partial charge in [0.15, 0.2) is 12.1 Å². The average molecular weight is 845 g/mol. The Bertz CT molecular complexity index is 1450. The molecule has 0 radical (unpaired) electrons. The Morgan fingerprint density at radius 1 is 0.492 bits per heavy atom. The Hall–Kier alpha value is -4.53. The quantitative estimate of drug-likeness (QED) is 0.0286. The molecule has 0 saturated carbocycles. The van der Waals surface area contributed by atoms with E-state index in [0.717, 1.165) is 83.5 Å². The highest BCUT2D eigenvalue weighted by molar-refractivity contribution is 5.72. The van der Waals surface area contributed by atoms with Crippen LogP contribution in [0.1, 0.15) is 129 Å². The van der Waals surface area contributed by atoms with Crippen LogP contribution in [0.4, 0.5) is 0 Å². The fourth-order valence-electron chi connectivity index (χ4n) is 5.61. The predicted molar refractivity (Wildman–Crippen MR) is 256 cm³/mol. The number of quaternary nitrogens is 1. The molecular weight excluding hydrogens is 763 g/mol.